The Morgan fingerprint density at radius 2 is 2.12 bits per heavy atom. The van der Waals surface area contributed by atoms with Gasteiger partial charge < -0.3 is 10.2 Å². The number of amides is 1. The van der Waals surface area contributed by atoms with Gasteiger partial charge in [0.15, 0.2) is 0 Å². The van der Waals surface area contributed by atoms with Gasteiger partial charge in [-0.15, -0.1) is 11.8 Å². The van der Waals surface area contributed by atoms with Crippen LogP contribution in [0.15, 0.2) is 53.7 Å². The van der Waals surface area contributed by atoms with Gasteiger partial charge in [0, 0.05) is 36.9 Å². The molecule has 1 atom stereocenters. The van der Waals surface area contributed by atoms with Crippen molar-refractivity contribution in [2.75, 3.05) is 25.4 Å². The highest BCUT2D eigenvalue weighted by Crippen LogP contribution is 2.25. The lowest BCUT2D eigenvalue weighted by Crippen LogP contribution is -2.49. The van der Waals surface area contributed by atoms with E-state index in [9.17, 15) is 4.79 Å². The van der Waals surface area contributed by atoms with E-state index in [1.165, 1.54) is 5.56 Å². The number of hydrogen-bond acceptors (Lipinski definition) is 4. The highest BCUT2D eigenvalue weighted by Gasteiger charge is 2.27. The maximum absolute atomic E-state index is 12.8. The maximum Gasteiger partial charge on any atom is 0.233 e. The van der Waals surface area contributed by atoms with Crippen molar-refractivity contribution in [3.63, 3.8) is 0 Å². The molecular formula is C20H25N3OS. The highest BCUT2D eigenvalue weighted by atomic mass is 32.2. The summed E-state index contributed by atoms with van der Waals surface area (Å²) in [6.07, 6.45) is 3.62. The van der Waals surface area contributed by atoms with E-state index in [0.29, 0.717) is 11.7 Å². The van der Waals surface area contributed by atoms with Gasteiger partial charge >= 0.3 is 0 Å². The van der Waals surface area contributed by atoms with Crippen molar-refractivity contribution in [3.05, 3.63) is 59.9 Å². The second-order valence-electron chi connectivity index (χ2n) is 6.61. The lowest BCUT2D eigenvalue weighted by atomic mass is 10.0. The zero-order valence-electron chi connectivity index (χ0n) is 14.8. The molecule has 4 nitrogen and oxygen atoms in total. The fourth-order valence-electron chi connectivity index (χ4n) is 3.05. The van der Waals surface area contributed by atoms with Crippen LogP contribution in [0.2, 0.25) is 0 Å². The number of piperazine rings is 1. The lowest BCUT2D eigenvalue weighted by Gasteiger charge is -2.36. The molecule has 1 aromatic carbocycles. The Morgan fingerprint density at radius 3 is 2.80 bits per heavy atom. The Hall–Kier alpha value is -1.85. The minimum Gasteiger partial charge on any atom is -0.332 e. The molecule has 5 heteroatoms. The number of thioether (sulfide) groups is 1. The summed E-state index contributed by atoms with van der Waals surface area (Å²) < 4.78 is 0. The smallest absolute Gasteiger partial charge is 0.233 e. The van der Waals surface area contributed by atoms with E-state index in [2.05, 4.69) is 48.4 Å². The molecule has 0 bridgehead atoms. The Labute approximate surface area is 154 Å². The minimum absolute atomic E-state index is 0.0684. The zero-order valence-corrected chi connectivity index (χ0v) is 15.6. The van der Waals surface area contributed by atoms with E-state index >= 15 is 0 Å². The van der Waals surface area contributed by atoms with Crippen molar-refractivity contribution >= 4 is 17.7 Å². The average Bonchev–Trinajstić information content (AvgIpc) is 2.67. The molecule has 25 heavy (non-hydrogen) atoms. The predicted octanol–water partition coefficient (Wildman–Crippen LogP) is 3.47. The molecular weight excluding hydrogens is 330 g/mol. The first-order valence-corrected chi connectivity index (χ1v) is 9.76. The molecule has 2 heterocycles. The van der Waals surface area contributed by atoms with E-state index in [1.54, 1.807) is 18.0 Å². The molecule has 0 spiro atoms. The van der Waals surface area contributed by atoms with Gasteiger partial charge in [0.05, 0.1) is 11.8 Å². The van der Waals surface area contributed by atoms with Crippen LogP contribution >= 0.6 is 11.8 Å². The van der Waals surface area contributed by atoms with Crippen molar-refractivity contribution in [1.82, 2.24) is 15.2 Å². The van der Waals surface area contributed by atoms with Crippen LogP contribution < -0.4 is 5.32 Å². The average molecular weight is 356 g/mol. The van der Waals surface area contributed by atoms with Gasteiger partial charge in [-0.2, -0.15) is 0 Å². The number of carbonyl (C=O) groups excluding carboxylic acids is 1. The first-order valence-electron chi connectivity index (χ1n) is 8.78. The third-order valence-corrected chi connectivity index (χ3v) is 5.54. The molecule has 0 radical (unpaired) electrons. The maximum atomic E-state index is 12.8. The van der Waals surface area contributed by atoms with Crippen LogP contribution in [-0.4, -0.2) is 41.2 Å². The van der Waals surface area contributed by atoms with Crippen LogP contribution in [0.3, 0.4) is 0 Å². The molecule has 1 fully saturated rings. The van der Waals surface area contributed by atoms with Crippen molar-refractivity contribution in [2.24, 2.45) is 0 Å². The SMILES string of the molecule is CC(C)c1ccc(SCC(=O)N2CCNCC2c2cccnc2)cc1. The van der Waals surface area contributed by atoms with Crippen LogP contribution in [0.5, 0.6) is 0 Å². The normalized spacial score (nSPS) is 17.7. The van der Waals surface area contributed by atoms with Gasteiger partial charge in [0.2, 0.25) is 5.91 Å². The van der Waals surface area contributed by atoms with Crippen molar-refractivity contribution in [1.29, 1.82) is 0 Å². The molecule has 0 aliphatic carbocycles. The largest absolute Gasteiger partial charge is 0.332 e. The van der Waals surface area contributed by atoms with Gasteiger partial charge in [-0.1, -0.05) is 32.0 Å². The summed E-state index contributed by atoms with van der Waals surface area (Å²) in [5, 5.41) is 3.38. The third-order valence-electron chi connectivity index (χ3n) is 4.54. The number of nitrogens with zero attached hydrogens (tertiary/aromatic N) is 2. The number of aromatic nitrogens is 1. The van der Waals surface area contributed by atoms with E-state index in [-0.39, 0.29) is 11.9 Å². The Kier molecular flexibility index (Phi) is 6.10. The van der Waals surface area contributed by atoms with E-state index in [1.807, 2.05) is 23.2 Å². The summed E-state index contributed by atoms with van der Waals surface area (Å²) >= 11 is 1.61. The van der Waals surface area contributed by atoms with E-state index in [0.717, 1.165) is 30.1 Å². The summed E-state index contributed by atoms with van der Waals surface area (Å²) in [6, 6.07) is 12.6. The van der Waals surface area contributed by atoms with Crippen LogP contribution in [0.4, 0.5) is 0 Å². The van der Waals surface area contributed by atoms with Crippen molar-refractivity contribution in [2.45, 2.75) is 30.7 Å². The molecule has 2 aromatic rings. The van der Waals surface area contributed by atoms with E-state index < -0.39 is 0 Å². The number of hydrogen-bond donors (Lipinski definition) is 1. The number of benzene rings is 1. The second kappa shape index (κ2) is 8.50. The quantitative estimate of drug-likeness (QED) is 0.834. The van der Waals surface area contributed by atoms with Crippen LogP contribution in [-0.2, 0) is 4.79 Å². The molecule has 1 amide bonds. The molecule has 1 aromatic heterocycles. The Morgan fingerprint density at radius 1 is 1.32 bits per heavy atom. The molecule has 1 aliphatic heterocycles. The Bertz CT molecular complexity index is 688. The second-order valence-corrected chi connectivity index (χ2v) is 7.65. The number of rotatable bonds is 5. The van der Waals surface area contributed by atoms with Gasteiger partial charge in [0.1, 0.15) is 0 Å². The van der Waals surface area contributed by atoms with Gasteiger partial charge in [-0.3, -0.25) is 9.78 Å². The lowest BCUT2D eigenvalue weighted by molar-refractivity contribution is -0.131. The van der Waals surface area contributed by atoms with Crippen LogP contribution in [0, 0.1) is 0 Å². The zero-order chi connectivity index (χ0) is 17.6. The first-order chi connectivity index (χ1) is 12.1. The molecule has 1 aliphatic rings. The third kappa shape index (κ3) is 4.61. The summed E-state index contributed by atoms with van der Waals surface area (Å²) in [5.41, 5.74) is 2.42. The fraction of sp³-hybridized carbons (Fsp3) is 0.400. The topological polar surface area (TPSA) is 45.2 Å². The molecule has 1 N–H and O–H groups in total. The molecule has 1 unspecified atom stereocenters. The summed E-state index contributed by atoms with van der Waals surface area (Å²) in [4.78, 5) is 20.1. The number of carbonyl (C=O) groups is 1. The molecule has 132 valence electrons. The standard InChI is InChI=1S/C20H25N3OS/c1-15(2)16-5-7-18(8-6-16)25-14-20(24)23-11-10-22-13-19(23)17-4-3-9-21-12-17/h3-9,12,15,19,22H,10-11,13-14H2,1-2H3. The van der Waals surface area contributed by atoms with E-state index in [4.69, 9.17) is 0 Å². The molecule has 1 saturated heterocycles. The van der Waals surface area contributed by atoms with Gasteiger partial charge in [-0.25, -0.2) is 0 Å². The summed E-state index contributed by atoms with van der Waals surface area (Å²) in [7, 11) is 0. The van der Waals surface area contributed by atoms with Crippen LogP contribution in [0.1, 0.15) is 36.9 Å². The monoisotopic (exact) mass is 355 g/mol. The van der Waals surface area contributed by atoms with Crippen molar-refractivity contribution in [3.8, 4) is 0 Å². The highest BCUT2D eigenvalue weighted by molar-refractivity contribution is 8.00. The number of nitrogens with one attached hydrogen (secondary N) is 1. The minimum atomic E-state index is 0.0684. The molecule has 0 saturated carbocycles. The first kappa shape index (κ1) is 18.0. The Balaban J connectivity index is 1.63. The predicted molar refractivity (Wildman–Crippen MR) is 103 cm³/mol. The van der Waals surface area contributed by atoms with Crippen LogP contribution in [0.25, 0.3) is 0 Å². The summed E-state index contributed by atoms with van der Waals surface area (Å²) in [6.45, 7) is 6.75. The molecule has 3 rings (SSSR count). The summed E-state index contributed by atoms with van der Waals surface area (Å²) in [5.74, 6) is 1.19. The fourth-order valence-corrected chi connectivity index (χ4v) is 3.84. The van der Waals surface area contributed by atoms with Gasteiger partial charge in [0.25, 0.3) is 0 Å². The number of pyridine rings is 1. The van der Waals surface area contributed by atoms with Gasteiger partial charge in [-0.05, 0) is 35.2 Å². The van der Waals surface area contributed by atoms with Crippen molar-refractivity contribution < 1.29 is 4.79 Å².